The molecule has 0 aliphatic heterocycles. The molecule has 0 radical (unpaired) electrons. The second kappa shape index (κ2) is 5.41. The van der Waals surface area contributed by atoms with Crippen LogP contribution in [0.1, 0.15) is 19.3 Å². The molecule has 0 unspecified atom stereocenters. The molecular weight excluding hydrogens is 282 g/mol. The van der Waals surface area contributed by atoms with E-state index in [4.69, 9.17) is 4.74 Å². The van der Waals surface area contributed by atoms with Gasteiger partial charge in [0.05, 0.1) is 17.4 Å². The normalized spacial score (nSPS) is 17.2. The number of benzene rings is 1. The van der Waals surface area contributed by atoms with Crippen molar-refractivity contribution in [2.45, 2.75) is 24.2 Å². The van der Waals surface area contributed by atoms with E-state index in [0.717, 1.165) is 6.42 Å². The Morgan fingerprint density at radius 1 is 1.45 bits per heavy atom. The number of carboxylic acid groups (broad SMARTS) is 1. The molecule has 110 valence electrons. The summed E-state index contributed by atoms with van der Waals surface area (Å²) in [6.45, 7) is -0.0815. The van der Waals surface area contributed by atoms with E-state index >= 15 is 0 Å². The van der Waals surface area contributed by atoms with Crippen molar-refractivity contribution in [2.75, 3.05) is 13.7 Å². The molecule has 1 aromatic carbocycles. The first kappa shape index (κ1) is 14.8. The van der Waals surface area contributed by atoms with E-state index in [1.165, 1.54) is 19.2 Å². The Hall–Kier alpha value is -1.60. The third kappa shape index (κ3) is 2.78. The van der Waals surface area contributed by atoms with Crippen LogP contribution in [0.25, 0.3) is 0 Å². The lowest BCUT2D eigenvalue weighted by atomic mass is 9.69. The van der Waals surface area contributed by atoms with Gasteiger partial charge in [-0.05, 0) is 25.0 Å². The van der Waals surface area contributed by atoms with Gasteiger partial charge in [-0.2, -0.15) is 0 Å². The Labute approximate surface area is 117 Å². The maximum absolute atomic E-state index is 12.2. The molecule has 20 heavy (non-hydrogen) atoms. The van der Waals surface area contributed by atoms with Gasteiger partial charge < -0.3 is 9.84 Å². The van der Waals surface area contributed by atoms with Crippen molar-refractivity contribution in [1.29, 1.82) is 0 Å². The van der Waals surface area contributed by atoms with E-state index in [9.17, 15) is 18.3 Å². The Morgan fingerprint density at radius 3 is 2.65 bits per heavy atom. The van der Waals surface area contributed by atoms with Crippen LogP contribution < -0.4 is 9.46 Å². The van der Waals surface area contributed by atoms with Gasteiger partial charge in [0, 0.05) is 12.6 Å². The van der Waals surface area contributed by atoms with Crippen LogP contribution in [0, 0.1) is 5.41 Å². The molecule has 0 amide bonds. The number of rotatable bonds is 6. The molecule has 0 heterocycles. The highest BCUT2D eigenvalue weighted by molar-refractivity contribution is 7.89. The lowest BCUT2D eigenvalue weighted by molar-refractivity contribution is -0.153. The zero-order valence-corrected chi connectivity index (χ0v) is 11.9. The smallest absolute Gasteiger partial charge is 0.310 e. The van der Waals surface area contributed by atoms with E-state index < -0.39 is 21.4 Å². The highest BCUT2D eigenvalue weighted by Gasteiger charge is 2.44. The summed E-state index contributed by atoms with van der Waals surface area (Å²) < 4.78 is 31.7. The van der Waals surface area contributed by atoms with Gasteiger partial charge in [-0.25, -0.2) is 13.1 Å². The van der Waals surface area contributed by atoms with Crippen LogP contribution in [-0.2, 0) is 14.8 Å². The predicted octanol–water partition coefficient (Wildman–Crippen LogP) is 1.23. The zero-order chi connectivity index (χ0) is 14.8. The molecular formula is C13H17NO5S. The van der Waals surface area contributed by atoms with Crippen molar-refractivity contribution < 1.29 is 23.1 Å². The van der Waals surface area contributed by atoms with E-state index in [1.807, 2.05) is 0 Å². The highest BCUT2D eigenvalue weighted by Crippen LogP contribution is 2.40. The molecule has 1 aromatic rings. The van der Waals surface area contributed by atoms with E-state index in [-0.39, 0.29) is 11.4 Å². The number of methoxy groups -OCH3 is 1. The SMILES string of the molecule is COc1cccc(S(=O)(=O)NCC2(C(=O)O)CCC2)c1. The second-order valence-corrected chi connectivity index (χ2v) is 6.71. The molecule has 7 heteroatoms. The van der Waals surface area contributed by atoms with Crippen LogP contribution in [0.3, 0.4) is 0 Å². The highest BCUT2D eigenvalue weighted by atomic mass is 32.2. The molecule has 0 saturated heterocycles. The van der Waals surface area contributed by atoms with Crippen LogP contribution in [-0.4, -0.2) is 33.1 Å². The number of nitrogens with one attached hydrogen (secondary N) is 1. The standard InChI is InChI=1S/C13H17NO5S/c1-19-10-4-2-5-11(8-10)20(17,18)14-9-13(12(15)16)6-3-7-13/h2,4-5,8,14H,3,6-7,9H2,1H3,(H,15,16). The Balaban J connectivity index is 2.13. The van der Waals surface area contributed by atoms with Gasteiger partial charge in [0.15, 0.2) is 0 Å². The van der Waals surface area contributed by atoms with Gasteiger partial charge in [0.25, 0.3) is 0 Å². The minimum Gasteiger partial charge on any atom is -0.497 e. The Morgan fingerprint density at radius 2 is 2.15 bits per heavy atom. The molecule has 0 aromatic heterocycles. The predicted molar refractivity (Wildman–Crippen MR) is 72.1 cm³/mol. The molecule has 6 nitrogen and oxygen atoms in total. The molecule has 1 aliphatic rings. The first-order valence-electron chi connectivity index (χ1n) is 6.27. The third-order valence-corrected chi connectivity index (χ3v) is 5.12. The summed E-state index contributed by atoms with van der Waals surface area (Å²) in [4.78, 5) is 11.3. The summed E-state index contributed by atoms with van der Waals surface area (Å²) in [5, 5.41) is 9.18. The van der Waals surface area contributed by atoms with Crippen LogP contribution in [0.2, 0.25) is 0 Å². The lowest BCUT2D eigenvalue weighted by Gasteiger charge is -2.37. The minimum absolute atomic E-state index is 0.0664. The Kier molecular flexibility index (Phi) is 4.01. The summed E-state index contributed by atoms with van der Waals surface area (Å²) in [6, 6.07) is 6.06. The summed E-state index contributed by atoms with van der Waals surface area (Å²) in [5.41, 5.74) is -0.952. The van der Waals surface area contributed by atoms with Crippen molar-refractivity contribution in [3.8, 4) is 5.75 Å². The number of ether oxygens (including phenoxy) is 1. The summed E-state index contributed by atoms with van der Waals surface area (Å²) in [7, 11) is -2.28. The fourth-order valence-electron chi connectivity index (χ4n) is 2.15. The summed E-state index contributed by atoms with van der Waals surface area (Å²) in [6.07, 6.45) is 1.82. The molecule has 0 spiro atoms. The average Bonchev–Trinajstić information content (AvgIpc) is 2.37. The second-order valence-electron chi connectivity index (χ2n) is 4.94. The molecule has 0 bridgehead atoms. The van der Waals surface area contributed by atoms with Crippen molar-refractivity contribution in [3.63, 3.8) is 0 Å². The Bertz CT molecular complexity index is 607. The first-order chi connectivity index (χ1) is 9.39. The molecule has 0 atom stereocenters. The van der Waals surface area contributed by atoms with Gasteiger partial charge in [0.1, 0.15) is 5.75 Å². The maximum Gasteiger partial charge on any atom is 0.310 e. The number of hydrogen-bond acceptors (Lipinski definition) is 4. The molecule has 2 N–H and O–H groups in total. The largest absolute Gasteiger partial charge is 0.497 e. The van der Waals surface area contributed by atoms with Crippen LogP contribution >= 0.6 is 0 Å². The zero-order valence-electron chi connectivity index (χ0n) is 11.1. The fraction of sp³-hybridized carbons (Fsp3) is 0.462. The van der Waals surface area contributed by atoms with E-state index in [0.29, 0.717) is 18.6 Å². The van der Waals surface area contributed by atoms with Crippen molar-refractivity contribution in [1.82, 2.24) is 4.72 Å². The number of aliphatic carboxylic acids is 1. The number of carbonyl (C=O) groups is 1. The lowest BCUT2D eigenvalue weighted by Crippen LogP contribution is -2.47. The van der Waals surface area contributed by atoms with Gasteiger partial charge in [-0.1, -0.05) is 12.5 Å². The van der Waals surface area contributed by atoms with Crippen molar-refractivity contribution in [3.05, 3.63) is 24.3 Å². The van der Waals surface area contributed by atoms with Crippen LogP contribution in [0.15, 0.2) is 29.2 Å². The molecule has 2 rings (SSSR count). The number of sulfonamides is 1. The van der Waals surface area contributed by atoms with Crippen molar-refractivity contribution in [2.24, 2.45) is 5.41 Å². The van der Waals surface area contributed by atoms with E-state index in [2.05, 4.69) is 4.72 Å². The monoisotopic (exact) mass is 299 g/mol. The fourth-order valence-corrected chi connectivity index (χ4v) is 3.32. The van der Waals surface area contributed by atoms with Crippen molar-refractivity contribution >= 4 is 16.0 Å². The van der Waals surface area contributed by atoms with Gasteiger partial charge in [-0.15, -0.1) is 0 Å². The molecule has 1 saturated carbocycles. The average molecular weight is 299 g/mol. The van der Waals surface area contributed by atoms with Gasteiger partial charge in [0.2, 0.25) is 10.0 Å². The van der Waals surface area contributed by atoms with Crippen LogP contribution in [0.4, 0.5) is 0 Å². The molecule has 1 fully saturated rings. The number of carboxylic acids is 1. The molecule has 1 aliphatic carbocycles. The van der Waals surface area contributed by atoms with Crippen LogP contribution in [0.5, 0.6) is 5.75 Å². The number of hydrogen-bond donors (Lipinski definition) is 2. The summed E-state index contributed by atoms with van der Waals surface area (Å²) >= 11 is 0. The quantitative estimate of drug-likeness (QED) is 0.824. The first-order valence-corrected chi connectivity index (χ1v) is 7.75. The topological polar surface area (TPSA) is 92.7 Å². The van der Waals surface area contributed by atoms with Gasteiger partial charge in [-0.3, -0.25) is 4.79 Å². The summed E-state index contributed by atoms with van der Waals surface area (Å²) in [5.74, 6) is -0.512. The van der Waals surface area contributed by atoms with Gasteiger partial charge >= 0.3 is 5.97 Å². The maximum atomic E-state index is 12.2. The van der Waals surface area contributed by atoms with E-state index in [1.54, 1.807) is 12.1 Å². The third-order valence-electron chi connectivity index (χ3n) is 3.72. The minimum atomic E-state index is -3.73.